The second-order valence-electron chi connectivity index (χ2n) is 8.04. The molecule has 4 rings (SSSR count). The molecule has 1 aliphatic rings. The van der Waals surface area contributed by atoms with E-state index in [1.807, 2.05) is 10.3 Å². The summed E-state index contributed by atoms with van der Waals surface area (Å²) in [5.74, 6) is 0.156. The molecule has 0 bridgehead atoms. The van der Waals surface area contributed by atoms with Gasteiger partial charge in [-0.25, -0.2) is 9.37 Å². The largest absolute Gasteiger partial charge is 0.372 e. The van der Waals surface area contributed by atoms with Crippen molar-refractivity contribution in [2.24, 2.45) is 5.73 Å². The number of nitrogens with zero attached hydrogens (tertiary/aromatic N) is 3. The Kier molecular flexibility index (Phi) is 14.2. The number of hydrogen-bond acceptors (Lipinski definition) is 5. The van der Waals surface area contributed by atoms with Crippen molar-refractivity contribution >= 4 is 23.7 Å². The molecule has 2 amide bonds. The Bertz CT molecular complexity index is 980. The molecule has 1 aliphatic heterocycles. The van der Waals surface area contributed by atoms with Crippen molar-refractivity contribution in [3.05, 3.63) is 47.4 Å². The lowest BCUT2D eigenvalue weighted by atomic mass is 9.90. The maximum absolute atomic E-state index is 13.3. The summed E-state index contributed by atoms with van der Waals surface area (Å²) in [5.41, 5.74) is 7.87. The van der Waals surface area contributed by atoms with E-state index in [2.05, 4.69) is 48.6 Å². The van der Waals surface area contributed by atoms with Crippen LogP contribution in [0.1, 0.15) is 71.9 Å². The van der Waals surface area contributed by atoms with Crippen LogP contribution in [0.4, 0.5) is 4.39 Å². The fraction of sp³-hybridized carbons (Fsp3) is 0.462. The Labute approximate surface area is 212 Å². The molecule has 192 valence electrons. The highest BCUT2D eigenvalue weighted by molar-refractivity contribution is 7.13. The molecule has 0 saturated carbocycles. The van der Waals surface area contributed by atoms with E-state index in [0.29, 0.717) is 5.92 Å². The Balaban J connectivity index is 0.000000597. The number of benzene rings is 1. The lowest BCUT2D eigenvalue weighted by Crippen LogP contribution is -2.36. The van der Waals surface area contributed by atoms with Gasteiger partial charge >= 0.3 is 0 Å². The van der Waals surface area contributed by atoms with Crippen LogP contribution in [0.5, 0.6) is 0 Å². The van der Waals surface area contributed by atoms with E-state index >= 15 is 0 Å². The van der Waals surface area contributed by atoms with Crippen molar-refractivity contribution in [1.82, 2.24) is 20.1 Å². The first-order chi connectivity index (χ1) is 16.9. The minimum absolute atomic E-state index is 0.125. The molecule has 0 aliphatic carbocycles. The van der Waals surface area contributed by atoms with Crippen molar-refractivity contribution in [2.45, 2.75) is 66.2 Å². The van der Waals surface area contributed by atoms with E-state index in [-0.39, 0.29) is 18.1 Å². The SMILES string of the molecule is CC(=O)N1CCC(c2[nH]nc(-c3ccc(F)cc3)c2-c2nccs2)CC1.CCC.CCC.NC=O. The van der Waals surface area contributed by atoms with Gasteiger partial charge in [0.2, 0.25) is 12.3 Å². The summed E-state index contributed by atoms with van der Waals surface area (Å²) >= 11 is 1.57. The third-order valence-electron chi connectivity index (χ3n) is 4.91. The van der Waals surface area contributed by atoms with E-state index in [0.717, 1.165) is 53.5 Å². The zero-order chi connectivity index (χ0) is 26.2. The summed E-state index contributed by atoms with van der Waals surface area (Å²) in [7, 11) is 0. The van der Waals surface area contributed by atoms with Crippen LogP contribution in [0.2, 0.25) is 0 Å². The average Bonchev–Trinajstić information content (AvgIpc) is 3.51. The van der Waals surface area contributed by atoms with Crippen molar-refractivity contribution in [3.63, 3.8) is 0 Å². The maximum Gasteiger partial charge on any atom is 0.219 e. The Morgan fingerprint density at radius 1 is 1.17 bits per heavy atom. The minimum Gasteiger partial charge on any atom is -0.372 e. The number of rotatable bonds is 3. The molecule has 3 aromatic rings. The summed E-state index contributed by atoms with van der Waals surface area (Å²) < 4.78 is 13.3. The number of aromatic nitrogens is 3. The number of aromatic amines is 1. The number of thiazole rings is 1. The van der Waals surface area contributed by atoms with E-state index in [4.69, 9.17) is 4.79 Å². The molecule has 0 unspecified atom stereocenters. The van der Waals surface area contributed by atoms with Gasteiger partial charge in [-0.3, -0.25) is 14.7 Å². The molecule has 1 saturated heterocycles. The molecule has 1 aromatic carbocycles. The number of H-pyrrole nitrogens is 1. The first-order valence-corrected chi connectivity index (χ1v) is 12.9. The Morgan fingerprint density at radius 2 is 1.71 bits per heavy atom. The van der Waals surface area contributed by atoms with Gasteiger partial charge in [0.05, 0.1) is 5.56 Å². The van der Waals surface area contributed by atoms with Crippen molar-refractivity contribution < 1.29 is 14.0 Å². The van der Waals surface area contributed by atoms with Crippen LogP contribution in [0, 0.1) is 5.82 Å². The zero-order valence-corrected chi connectivity index (χ0v) is 22.2. The number of piperidine rings is 1. The van der Waals surface area contributed by atoms with Crippen LogP contribution in [-0.2, 0) is 9.59 Å². The van der Waals surface area contributed by atoms with Gasteiger partial charge in [-0.05, 0) is 37.1 Å². The van der Waals surface area contributed by atoms with Crippen LogP contribution in [0.15, 0.2) is 35.8 Å². The zero-order valence-electron chi connectivity index (χ0n) is 21.4. The lowest BCUT2D eigenvalue weighted by molar-refractivity contribution is -0.129. The van der Waals surface area contributed by atoms with Crippen LogP contribution in [0.25, 0.3) is 21.8 Å². The number of nitrogens with two attached hydrogens (primary N) is 1. The normalized spacial score (nSPS) is 12.8. The first-order valence-electron chi connectivity index (χ1n) is 12.0. The number of carbonyl (C=O) groups is 2. The number of primary amides is 1. The van der Waals surface area contributed by atoms with Gasteiger partial charge in [-0.1, -0.05) is 40.5 Å². The fourth-order valence-corrected chi connectivity index (χ4v) is 4.21. The highest BCUT2D eigenvalue weighted by atomic mass is 32.1. The van der Waals surface area contributed by atoms with Gasteiger partial charge in [-0.15, -0.1) is 11.3 Å². The molecule has 3 N–H and O–H groups in total. The highest BCUT2D eigenvalue weighted by Gasteiger charge is 2.28. The number of nitrogens with one attached hydrogen (secondary N) is 1. The second kappa shape index (κ2) is 16.5. The van der Waals surface area contributed by atoms with E-state index < -0.39 is 0 Å². The lowest BCUT2D eigenvalue weighted by Gasteiger charge is -2.31. The van der Waals surface area contributed by atoms with Crippen LogP contribution in [-0.4, -0.2) is 45.5 Å². The van der Waals surface area contributed by atoms with Crippen LogP contribution < -0.4 is 5.73 Å². The van der Waals surface area contributed by atoms with Crippen molar-refractivity contribution in [1.29, 1.82) is 0 Å². The molecule has 35 heavy (non-hydrogen) atoms. The Morgan fingerprint density at radius 3 is 2.17 bits per heavy atom. The number of hydrogen-bond donors (Lipinski definition) is 2. The summed E-state index contributed by atoms with van der Waals surface area (Å²) in [6, 6.07) is 6.37. The van der Waals surface area contributed by atoms with Crippen molar-refractivity contribution in [3.8, 4) is 21.8 Å². The second-order valence-corrected chi connectivity index (χ2v) is 8.93. The third kappa shape index (κ3) is 9.24. The first kappa shape index (κ1) is 30.0. The third-order valence-corrected chi connectivity index (χ3v) is 5.70. The van der Waals surface area contributed by atoms with E-state index in [9.17, 15) is 9.18 Å². The smallest absolute Gasteiger partial charge is 0.219 e. The number of halogens is 1. The van der Waals surface area contributed by atoms with Gasteiger partial charge in [0.15, 0.2) is 0 Å². The van der Waals surface area contributed by atoms with Gasteiger partial charge in [-0.2, -0.15) is 5.10 Å². The molecule has 0 atom stereocenters. The maximum atomic E-state index is 13.3. The quantitative estimate of drug-likeness (QED) is 0.428. The molecule has 9 heteroatoms. The average molecular weight is 504 g/mol. The molecule has 3 heterocycles. The molecule has 7 nitrogen and oxygen atoms in total. The van der Waals surface area contributed by atoms with Gasteiger partial charge in [0.25, 0.3) is 0 Å². The monoisotopic (exact) mass is 503 g/mol. The van der Waals surface area contributed by atoms with E-state index in [1.54, 1.807) is 36.6 Å². The van der Waals surface area contributed by atoms with Crippen LogP contribution in [0.3, 0.4) is 0 Å². The summed E-state index contributed by atoms with van der Waals surface area (Å²) in [5, 5.41) is 10.6. The van der Waals surface area contributed by atoms with Gasteiger partial charge < -0.3 is 10.6 Å². The van der Waals surface area contributed by atoms with Gasteiger partial charge in [0, 0.05) is 48.8 Å². The van der Waals surface area contributed by atoms with Gasteiger partial charge in [0.1, 0.15) is 16.5 Å². The fourth-order valence-electron chi connectivity index (χ4n) is 3.51. The molecular weight excluding hydrogens is 465 g/mol. The number of likely N-dealkylation sites (tertiary alicyclic amines) is 1. The predicted octanol–water partition coefficient (Wildman–Crippen LogP) is 6.00. The molecule has 0 radical (unpaired) electrons. The standard InChI is InChI=1S/C19H19FN4OS.2C3H8.CH3NO/c1-12(25)24-9-6-14(7-10-24)18-16(19-21-8-11-26-19)17(22-23-18)13-2-4-15(20)5-3-13;2*1-3-2;2-1-3/h2-5,8,11,14H,6-7,9-10H2,1H3,(H,22,23);2*3H2,1-2H3;1H,(H2,2,3). The molecule has 1 fully saturated rings. The van der Waals surface area contributed by atoms with E-state index in [1.165, 1.54) is 25.0 Å². The molecule has 2 aromatic heterocycles. The number of amides is 2. The predicted molar refractivity (Wildman–Crippen MR) is 142 cm³/mol. The topological polar surface area (TPSA) is 105 Å². The Hall–Kier alpha value is -3.07. The van der Waals surface area contributed by atoms with Crippen LogP contribution >= 0.6 is 11.3 Å². The minimum atomic E-state index is -0.267. The molecule has 0 spiro atoms. The van der Waals surface area contributed by atoms with Crippen molar-refractivity contribution in [2.75, 3.05) is 13.1 Å². The molecular formula is C26H38FN5O2S. The summed E-state index contributed by atoms with van der Waals surface area (Å²) in [6.45, 7) is 11.6. The summed E-state index contributed by atoms with van der Waals surface area (Å²) in [4.78, 5) is 26.5. The summed E-state index contributed by atoms with van der Waals surface area (Å²) in [6.07, 6.45) is 6.32. The number of carbonyl (C=O) groups excluding carboxylic acids is 2. The highest BCUT2D eigenvalue weighted by Crippen LogP contribution is 2.40.